The van der Waals surface area contributed by atoms with Crippen LogP contribution in [0.3, 0.4) is 0 Å². The fraction of sp³-hybridized carbons (Fsp3) is 1.00. The second-order valence-electron chi connectivity index (χ2n) is 3.90. The highest BCUT2D eigenvalue weighted by molar-refractivity contribution is 6.73. The van der Waals surface area contributed by atoms with E-state index in [-0.39, 0.29) is 5.04 Å². The third-order valence-electron chi connectivity index (χ3n) is 2.03. The predicted octanol–water partition coefficient (Wildman–Crippen LogP) is 1.28. The molecule has 2 nitrogen and oxygen atoms in total. The Morgan fingerprint density at radius 2 is 1.70 bits per heavy atom. The summed E-state index contributed by atoms with van der Waals surface area (Å²) < 4.78 is 15.1. The van der Waals surface area contributed by atoms with Gasteiger partial charge < -0.3 is 4.66 Å². The van der Waals surface area contributed by atoms with Gasteiger partial charge in [-0.3, -0.25) is 0 Å². The molecule has 0 atom stereocenters. The van der Waals surface area contributed by atoms with Crippen molar-refractivity contribution in [3.05, 3.63) is 0 Å². The highest BCUT2D eigenvalue weighted by atomic mass is 35.6. The van der Waals surface area contributed by atoms with Crippen LogP contribution in [0.5, 0.6) is 0 Å². The molecule has 4 heteroatoms. The first-order chi connectivity index (χ1) is 4.31. The Bertz CT molecular complexity index is 109. The maximum atomic E-state index is 10.1. The van der Waals surface area contributed by atoms with E-state index in [9.17, 15) is 4.66 Å². The van der Waals surface area contributed by atoms with E-state index in [2.05, 4.69) is 20.8 Å². The van der Waals surface area contributed by atoms with Crippen LogP contribution < -0.4 is 4.66 Å². The van der Waals surface area contributed by atoms with Crippen LogP contribution in [0.25, 0.3) is 0 Å². The topological polar surface area (TPSA) is 32.3 Å². The monoisotopic (exact) mass is 182 g/mol. The molecule has 0 unspecified atom stereocenters. The standard InChI is InChI=1S/C6H15ClO2Si/c1-6(2,3)10(4,5)9-7-8/h1-5H3. The van der Waals surface area contributed by atoms with Gasteiger partial charge in [0.05, 0.1) is 0 Å². The van der Waals surface area contributed by atoms with Crippen LogP contribution in [0.2, 0.25) is 18.1 Å². The van der Waals surface area contributed by atoms with Crippen molar-refractivity contribution in [2.45, 2.75) is 38.9 Å². The molecule has 0 aliphatic carbocycles. The number of hydrogen-bond donors (Lipinski definition) is 0. The molecule has 0 aliphatic heterocycles. The van der Waals surface area contributed by atoms with Crippen LogP contribution in [0.4, 0.5) is 0 Å². The minimum absolute atomic E-state index is 0.129. The van der Waals surface area contributed by atoms with Crippen molar-refractivity contribution in [3.8, 4) is 0 Å². The summed E-state index contributed by atoms with van der Waals surface area (Å²) in [6.07, 6.45) is 0. The third kappa shape index (κ3) is 2.58. The normalized spacial score (nSPS) is 13.8. The number of rotatable bonds is 2. The minimum atomic E-state index is -1.78. The zero-order valence-electron chi connectivity index (χ0n) is 7.19. The number of halogens is 1. The SMILES string of the molecule is CC(C)(C)[Si](C)(C)O[Cl+][O-]. The van der Waals surface area contributed by atoms with E-state index in [1.54, 1.807) is 0 Å². The Kier molecular flexibility index (Phi) is 3.35. The first-order valence-corrected chi connectivity index (χ1v) is 6.79. The molecule has 0 aromatic heterocycles. The molecule has 0 bridgehead atoms. The van der Waals surface area contributed by atoms with E-state index in [0.717, 1.165) is 0 Å². The van der Waals surface area contributed by atoms with Crippen molar-refractivity contribution in [2.75, 3.05) is 0 Å². The van der Waals surface area contributed by atoms with Gasteiger partial charge in [0.2, 0.25) is 0 Å². The molecular weight excluding hydrogens is 168 g/mol. The summed E-state index contributed by atoms with van der Waals surface area (Å²) in [5, 5.41) is 0.129. The summed E-state index contributed by atoms with van der Waals surface area (Å²) in [5.41, 5.74) is 0. The first kappa shape index (κ1) is 10.4. The van der Waals surface area contributed by atoms with Gasteiger partial charge in [-0.05, 0) is 18.1 Å². The van der Waals surface area contributed by atoms with Gasteiger partial charge in [0.25, 0.3) is 8.32 Å². The molecule has 0 rings (SSSR count). The Labute approximate surface area is 67.8 Å². The summed E-state index contributed by atoms with van der Waals surface area (Å²) >= 11 is 0.674. The van der Waals surface area contributed by atoms with Gasteiger partial charge in [0.1, 0.15) is 0 Å². The van der Waals surface area contributed by atoms with Crippen molar-refractivity contribution >= 4 is 8.32 Å². The quantitative estimate of drug-likeness (QED) is 0.603. The van der Waals surface area contributed by atoms with Crippen molar-refractivity contribution in [2.24, 2.45) is 0 Å². The molecule has 0 aromatic carbocycles. The van der Waals surface area contributed by atoms with Crippen LogP contribution in [-0.4, -0.2) is 8.32 Å². The largest absolute Gasteiger partial charge is 0.507 e. The molecule has 0 heterocycles. The Balaban J connectivity index is 4.10. The molecule has 0 aliphatic rings. The molecule has 62 valence electrons. The summed E-state index contributed by atoms with van der Waals surface area (Å²) in [6.45, 7) is 10.4. The second-order valence-corrected chi connectivity index (χ2v) is 9.16. The molecule has 0 amide bonds. The molecule has 0 radical (unpaired) electrons. The van der Waals surface area contributed by atoms with E-state index in [1.807, 2.05) is 13.1 Å². The van der Waals surface area contributed by atoms with Crippen molar-refractivity contribution < 1.29 is 20.0 Å². The average Bonchev–Trinajstić information content (AvgIpc) is 1.61. The van der Waals surface area contributed by atoms with Crippen molar-refractivity contribution in [3.63, 3.8) is 0 Å². The van der Waals surface area contributed by atoms with Crippen LogP contribution in [-0.2, 0) is 3.98 Å². The van der Waals surface area contributed by atoms with Crippen LogP contribution >= 0.6 is 0 Å². The van der Waals surface area contributed by atoms with Gasteiger partial charge >= 0.3 is 11.3 Å². The fourth-order valence-corrected chi connectivity index (χ4v) is 1.75. The summed E-state index contributed by atoms with van der Waals surface area (Å²) in [4.78, 5) is 0. The summed E-state index contributed by atoms with van der Waals surface area (Å²) in [7, 11) is -1.78. The van der Waals surface area contributed by atoms with E-state index >= 15 is 0 Å². The first-order valence-electron chi connectivity index (χ1n) is 3.26. The van der Waals surface area contributed by atoms with Crippen molar-refractivity contribution in [1.29, 1.82) is 0 Å². The molecule has 0 N–H and O–H groups in total. The molecule has 0 fully saturated rings. The smallest absolute Gasteiger partial charge is 0.317 e. The zero-order valence-corrected chi connectivity index (χ0v) is 8.95. The Morgan fingerprint density at radius 1 is 1.30 bits per heavy atom. The molecule has 0 aromatic rings. The van der Waals surface area contributed by atoms with Gasteiger partial charge in [0.15, 0.2) is 0 Å². The Morgan fingerprint density at radius 3 is 1.80 bits per heavy atom. The number of hydrogen-bond acceptors (Lipinski definition) is 2. The summed E-state index contributed by atoms with van der Waals surface area (Å²) in [5.74, 6) is 0. The molecule has 0 spiro atoms. The lowest BCUT2D eigenvalue weighted by Crippen LogP contribution is -2.41. The van der Waals surface area contributed by atoms with Gasteiger partial charge in [-0.1, -0.05) is 20.8 Å². The lowest BCUT2D eigenvalue weighted by Gasteiger charge is -2.29. The lowest BCUT2D eigenvalue weighted by atomic mass is 10.2. The predicted molar refractivity (Wildman–Crippen MR) is 38.3 cm³/mol. The second kappa shape index (κ2) is 3.22. The van der Waals surface area contributed by atoms with Crippen molar-refractivity contribution in [1.82, 2.24) is 0 Å². The van der Waals surface area contributed by atoms with Gasteiger partial charge in [-0.15, -0.1) is 0 Å². The van der Waals surface area contributed by atoms with E-state index < -0.39 is 8.32 Å². The molecule has 0 saturated heterocycles. The lowest BCUT2D eigenvalue weighted by molar-refractivity contribution is -1.26. The minimum Gasteiger partial charge on any atom is -0.507 e. The Hall–Kier alpha value is 0.427. The maximum absolute atomic E-state index is 10.1. The highest BCUT2D eigenvalue weighted by Crippen LogP contribution is 2.36. The van der Waals surface area contributed by atoms with Crippen LogP contribution in [0, 0.1) is 11.3 Å². The highest BCUT2D eigenvalue weighted by Gasteiger charge is 2.42. The van der Waals surface area contributed by atoms with E-state index in [1.165, 1.54) is 0 Å². The molecular formula is C6H15ClO2Si. The molecule has 10 heavy (non-hydrogen) atoms. The third-order valence-corrected chi connectivity index (χ3v) is 7.44. The van der Waals surface area contributed by atoms with Gasteiger partial charge in [-0.2, -0.15) is 3.98 Å². The zero-order chi connectivity index (χ0) is 8.41. The van der Waals surface area contributed by atoms with E-state index in [0.29, 0.717) is 11.3 Å². The van der Waals surface area contributed by atoms with Crippen LogP contribution in [0.1, 0.15) is 20.8 Å². The van der Waals surface area contributed by atoms with Gasteiger partial charge in [0, 0.05) is 0 Å². The van der Waals surface area contributed by atoms with Gasteiger partial charge in [-0.25, -0.2) is 0 Å². The average molecular weight is 183 g/mol. The fourth-order valence-electron chi connectivity index (χ4n) is 0.194. The maximum Gasteiger partial charge on any atom is 0.317 e. The van der Waals surface area contributed by atoms with Crippen LogP contribution in [0.15, 0.2) is 0 Å². The van der Waals surface area contributed by atoms with E-state index in [4.69, 9.17) is 3.98 Å². The molecule has 0 saturated carbocycles. The summed E-state index contributed by atoms with van der Waals surface area (Å²) in [6, 6.07) is 0.